The number of carbonyl (C=O) groups is 1. The van der Waals surface area contributed by atoms with Gasteiger partial charge in [0.15, 0.2) is 0 Å². The summed E-state index contributed by atoms with van der Waals surface area (Å²) in [5.74, 6) is 0.945. The molecule has 2 N–H and O–H groups in total. The molecular weight excluding hydrogens is 214 g/mol. The molecule has 0 aromatic rings. The van der Waals surface area contributed by atoms with E-state index in [9.17, 15) is 4.79 Å². The van der Waals surface area contributed by atoms with Gasteiger partial charge in [0.25, 0.3) is 0 Å². The van der Waals surface area contributed by atoms with E-state index in [4.69, 9.17) is 10.5 Å². The minimum Gasteiger partial charge on any atom is -0.464 e. The number of hydrogen-bond acceptors (Lipinski definition) is 3. The van der Waals surface area contributed by atoms with Gasteiger partial charge in [0.1, 0.15) is 5.54 Å². The van der Waals surface area contributed by atoms with Crippen LogP contribution in [-0.4, -0.2) is 18.1 Å². The van der Waals surface area contributed by atoms with Crippen LogP contribution in [0.3, 0.4) is 0 Å². The van der Waals surface area contributed by atoms with Crippen molar-refractivity contribution in [2.75, 3.05) is 6.61 Å². The number of hydrogen-bond donors (Lipinski definition) is 1. The fourth-order valence-electron chi connectivity index (χ4n) is 2.42. The van der Waals surface area contributed by atoms with E-state index in [2.05, 4.69) is 20.8 Å². The largest absolute Gasteiger partial charge is 0.464 e. The molecule has 0 spiro atoms. The number of ether oxygens (including phenoxy) is 1. The van der Waals surface area contributed by atoms with E-state index >= 15 is 0 Å². The second-order valence-corrected chi connectivity index (χ2v) is 5.83. The highest BCUT2D eigenvalue weighted by Gasteiger charge is 2.38. The Labute approximate surface area is 105 Å². The molecule has 1 fully saturated rings. The van der Waals surface area contributed by atoms with Crippen LogP contribution in [-0.2, 0) is 9.53 Å². The highest BCUT2D eigenvalue weighted by molar-refractivity contribution is 5.80. The van der Waals surface area contributed by atoms with Gasteiger partial charge in [-0.3, -0.25) is 4.79 Å². The summed E-state index contributed by atoms with van der Waals surface area (Å²) in [5.41, 5.74) is 5.44. The molecule has 0 aromatic carbocycles. The first-order chi connectivity index (χ1) is 7.98. The summed E-state index contributed by atoms with van der Waals surface area (Å²) in [6.07, 6.45) is 5.85. The van der Waals surface area contributed by atoms with E-state index in [1.54, 1.807) is 0 Å². The Kier molecular flexibility index (Phi) is 5.44. The molecular formula is C14H27NO2. The zero-order chi connectivity index (χ0) is 12.9. The molecule has 0 aromatic heterocycles. The predicted molar refractivity (Wildman–Crippen MR) is 69.6 cm³/mol. The van der Waals surface area contributed by atoms with Gasteiger partial charge in [-0.15, -0.1) is 0 Å². The Morgan fingerprint density at radius 2 is 2.06 bits per heavy atom. The fraction of sp³-hybridized carbons (Fsp3) is 0.929. The molecule has 3 heteroatoms. The third-order valence-electron chi connectivity index (χ3n) is 3.85. The average molecular weight is 241 g/mol. The van der Waals surface area contributed by atoms with E-state index in [1.165, 1.54) is 0 Å². The van der Waals surface area contributed by atoms with Crippen LogP contribution in [0, 0.1) is 11.8 Å². The minimum absolute atomic E-state index is 0.188. The number of nitrogens with two attached hydrogens (primary N) is 1. The van der Waals surface area contributed by atoms with Crippen LogP contribution in [0.15, 0.2) is 0 Å². The highest BCUT2D eigenvalue weighted by atomic mass is 16.5. The monoisotopic (exact) mass is 241 g/mol. The molecule has 1 aliphatic rings. The van der Waals surface area contributed by atoms with Crippen LogP contribution >= 0.6 is 0 Å². The highest BCUT2D eigenvalue weighted by Crippen LogP contribution is 2.31. The van der Waals surface area contributed by atoms with E-state index in [1.807, 2.05) is 0 Å². The van der Waals surface area contributed by atoms with Crippen LogP contribution < -0.4 is 5.73 Å². The summed E-state index contributed by atoms with van der Waals surface area (Å²) in [6, 6.07) is 0. The van der Waals surface area contributed by atoms with E-state index in [0.29, 0.717) is 18.4 Å². The molecule has 3 nitrogen and oxygen atoms in total. The van der Waals surface area contributed by atoms with Gasteiger partial charge in [-0.2, -0.15) is 0 Å². The van der Waals surface area contributed by atoms with Crippen LogP contribution in [0.5, 0.6) is 0 Å². The third-order valence-corrected chi connectivity index (χ3v) is 3.85. The zero-order valence-corrected chi connectivity index (χ0v) is 11.5. The van der Waals surface area contributed by atoms with E-state index in [-0.39, 0.29) is 5.97 Å². The van der Waals surface area contributed by atoms with Crippen molar-refractivity contribution >= 4 is 5.97 Å². The third kappa shape index (κ3) is 4.30. The van der Waals surface area contributed by atoms with E-state index < -0.39 is 5.54 Å². The molecule has 1 saturated carbocycles. The summed E-state index contributed by atoms with van der Waals surface area (Å²) in [7, 11) is 0. The summed E-state index contributed by atoms with van der Waals surface area (Å²) >= 11 is 0. The molecule has 1 atom stereocenters. The maximum absolute atomic E-state index is 12.0. The molecule has 0 saturated heterocycles. The quantitative estimate of drug-likeness (QED) is 0.753. The SMILES string of the molecule is CCCC(C)COC(=O)C1(N)CCC(C)CC1. The lowest BCUT2D eigenvalue weighted by Crippen LogP contribution is -2.51. The Hall–Kier alpha value is -0.570. The van der Waals surface area contributed by atoms with Crippen molar-refractivity contribution in [3.8, 4) is 0 Å². The molecule has 100 valence electrons. The Balaban J connectivity index is 2.36. The maximum atomic E-state index is 12.0. The van der Waals surface area contributed by atoms with Gasteiger partial charge < -0.3 is 10.5 Å². The van der Waals surface area contributed by atoms with Crippen molar-refractivity contribution < 1.29 is 9.53 Å². The summed E-state index contributed by atoms with van der Waals surface area (Å²) in [6.45, 7) is 6.99. The average Bonchev–Trinajstić information content (AvgIpc) is 2.30. The molecule has 0 bridgehead atoms. The first kappa shape index (κ1) is 14.5. The Morgan fingerprint density at radius 1 is 1.47 bits per heavy atom. The van der Waals surface area contributed by atoms with Crippen molar-refractivity contribution in [2.24, 2.45) is 17.6 Å². The van der Waals surface area contributed by atoms with Crippen molar-refractivity contribution in [1.29, 1.82) is 0 Å². The lowest BCUT2D eigenvalue weighted by Gasteiger charge is -2.34. The zero-order valence-electron chi connectivity index (χ0n) is 11.5. The van der Waals surface area contributed by atoms with Crippen molar-refractivity contribution in [2.45, 2.75) is 64.8 Å². The lowest BCUT2D eigenvalue weighted by atomic mass is 9.78. The second-order valence-electron chi connectivity index (χ2n) is 5.83. The first-order valence-electron chi connectivity index (χ1n) is 6.94. The summed E-state index contributed by atoms with van der Waals surface area (Å²) in [4.78, 5) is 12.0. The maximum Gasteiger partial charge on any atom is 0.326 e. The van der Waals surface area contributed by atoms with Gasteiger partial charge >= 0.3 is 5.97 Å². The lowest BCUT2D eigenvalue weighted by molar-refractivity contribution is -0.153. The topological polar surface area (TPSA) is 52.3 Å². The minimum atomic E-state index is -0.710. The van der Waals surface area contributed by atoms with Crippen molar-refractivity contribution in [3.63, 3.8) is 0 Å². The smallest absolute Gasteiger partial charge is 0.326 e. The van der Waals surface area contributed by atoms with Gasteiger partial charge in [-0.1, -0.05) is 27.2 Å². The van der Waals surface area contributed by atoms with Crippen LogP contribution in [0.4, 0.5) is 0 Å². The molecule has 1 aliphatic carbocycles. The normalized spacial score (nSPS) is 30.9. The standard InChI is InChI=1S/C14H27NO2/c1-4-5-12(3)10-17-13(16)14(15)8-6-11(2)7-9-14/h11-12H,4-10,15H2,1-3H3. The molecule has 0 heterocycles. The Morgan fingerprint density at radius 3 is 2.59 bits per heavy atom. The number of rotatable bonds is 5. The molecule has 1 unspecified atom stereocenters. The van der Waals surface area contributed by atoms with E-state index in [0.717, 1.165) is 38.5 Å². The Bertz CT molecular complexity index is 245. The van der Waals surface area contributed by atoms with Gasteiger partial charge in [-0.05, 0) is 43.9 Å². The molecule has 1 rings (SSSR count). The summed E-state index contributed by atoms with van der Waals surface area (Å²) < 4.78 is 5.37. The molecule has 0 radical (unpaired) electrons. The van der Waals surface area contributed by atoms with Crippen LogP contribution in [0.1, 0.15) is 59.3 Å². The second kappa shape index (κ2) is 6.39. The van der Waals surface area contributed by atoms with Gasteiger partial charge in [0.05, 0.1) is 6.61 Å². The van der Waals surface area contributed by atoms with Crippen molar-refractivity contribution in [1.82, 2.24) is 0 Å². The van der Waals surface area contributed by atoms with Gasteiger partial charge in [0.2, 0.25) is 0 Å². The summed E-state index contributed by atoms with van der Waals surface area (Å²) in [5, 5.41) is 0. The fourth-order valence-corrected chi connectivity index (χ4v) is 2.42. The van der Waals surface area contributed by atoms with Crippen LogP contribution in [0.2, 0.25) is 0 Å². The van der Waals surface area contributed by atoms with Gasteiger partial charge in [0, 0.05) is 0 Å². The first-order valence-corrected chi connectivity index (χ1v) is 6.94. The van der Waals surface area contributed by atoms with Crippen molar-refractivity contribution in [3.05, 3.63) is 0 Å². The molecule has 0 aliphatic heterocycles. The number of esters is 1. The molecule has 17 heavy (non-hydrogen) atoms. The predicted octanol–water partition coefficient (Wildman–Crippen LogP) is 2.87. The van der Waals surface area contributed by atoms with Gasteiger partial charge in [-0.25, -0.2) is 0 Å². The molecule has 0 amide bonds. The number of carbonyl (C=O) groups excluding carboxylic acids is 1. The van der Waals surface area contributed by atoms with Crippen LogP contribution in [0.25, 0.3) is 0 Å².